The van der Waals surface area contributed by atoms with Crippen LogP contribution < -0.4 is 5.32 Å². The van der Waals surface area contributed by atoms with Crippen LogP contribution in [0.1, 0.15) is 23.6 Å². The monoisotopic (exact) mass is 493 g/mol. The molecule has 7 nitrogen and oxygen atoms in total. The van der Waals surface area contributed by atoms with Crippen LogP contribution in [0.5, 0.6) is 0 Å². The van der Waals surface area contributed by atoms with E-state index in [9.17, 15) is 18.0 Å². The number of amides is 2. The lowest BCUT2D eigenvalue weighted by atomic mass is 10.1. The molecule has 0 aromatic heterocycles. The van der Waals surface area contributed by atoms with Crippen molar-refractivity contribution in [2.45, 2.75) is 32.6 Å². The molecule has 0 saturated carbocycles. The van der Waals surface area contributed by atoms with Gasteiger partial charge in [0.1, 0.15) is 6.04 Å². The van der Waals surface area contributed by atoms with Crippen molar-refractivity contribution >= 4 is 21.8 Å². The van der Waals surface area contributed by atoms with Crippen LogP contribution in [0.2, 0.25) is 0 Å². The molecule has 3 rings (SSSR count). The minimum absolute atomic E-state index is 0.0686. The van der Waals surface area contributed by atoms with E-state index in [4.69, 9.17) is 0 Å². The predicted octanol–water partition coefficient (Wildman–Crippen LogP) is 3.18. The van der Waals surface area contributed by atoms with Crippen molar-refractivity contribution in [1.29, 1.82) is 0 Å². The Morgan fingerprint density at radius 1 is 0.771 bits per heavy atom. The molecule has 0 fully saturated rings. The molecule has 184 valence electrons. The van der Waals surface area contributed by atoms with Crippen molar-refractivity contribution in [2.75, 3.05) is 12.8 Å². The highest BCUT2D eigenvalue weighted by Gasteiger charge is 2.29. The highest BCUT2D eigenvalue weighted by molar-refractivity contribution is 7.88. The summed E-state index contributed by atoms with van der Waals surface area (Å²) in [5.74, 6) is -0.760. The fourth-order valence-electron chi connectivity index (χ4n) is 3.61. The van der Waals surface area contributed by atoms with Crippen LogP contribution in [0.15, 0.2) is 91.0 Å². The maximum absolute atomic E-state index is 13.5. The largest absolute Gasteiger partial charge is 0.350 e. The van der Waals surface area contributed by atoms with Crippen LogP contribution in [-0.2, 0) is 39.2 Å². The first-order valence-corrected chi connectivity index (χ1v) is 13.2. The van der Waals surface area contributed by atoms with Crippen molar-refractivity contribution in [2.24, 2.45) is 0 Å². The maximum atomic E-state index is 13.5. The smallest absolute Gasteiger partial charge is 0.242 e. The third-order valence-electron chi connectivity index (χ3n) is 5.65. The highest BCUT2D eigenvalue weighted by Crippen LogP contribution is 2.14. The fraction of sp³-hybridized carbons (Fsp3) is 0.259. The zero-order valence-electron chi connectivity index (χ0n) is 20.0. The first-order chi connectivity index (χ1) is 16.7. The van der Waals surface area contributed by atoms with E-state index in [1.54, 1.807) is 6.92 Å². The second kappa shape index (κ2) is 12.3. The van der Waals surface area contributed by atoms with Gasteiger partial charge in [-0.1, -0.05) is 91.0 Å². The molecule has 3 aromatic carbocycles. The van der Waals surface area contributed by atoms with Crippen LogP contribution in [0, 0.1) is 0 Å². The summed E-state index contributed by atoms with van der Waals surface area (Å²) in [6.07, 6.45) is 1.08. The minimum Gasteiger partial charge on any atom is -0.350 e. The Labute approximate surface area is 207 Å². The van der Waals surface area contributed by atoms with Crippen LogP contribution in [0.25, 0.3) is 0 Å². The van der Waals surface area contributed by atoms with E-state index in [1.807, 2.05) is 91.0 Å². The molecule has 0 spiro atoms. The van der Waals surface area contributed by atoms with Crippen LogP contribution in [-0.4, -0.2) is 48.3 Å². The molecular weight excluding hydrogens is 462 g/mol. The summed E-state index contributed by atoms with van der Waals surface area (Å²) in [6.45, 7) is 1.88. The Morgan fingerprint density at radius 2 is 1.23 bits per heavy atom. The number of hydrogen-bond donors (Lipinski definition) is 1. The summed E-state index contributed by atoms with van der Waals surface area (Å²) in [5, 5.41) is 2.88. The van der Waals surface area contributed by atoms with Crippen molar-refractivity contribution in [3.8, 4) is 0 Å². The number of carbonyl (C=O) groups excluding carboxylic acids is 2. The summed E-state index contributed by atoms with van der Waals surface area (Å²) < 4.78 is 26.1. The van der Waals surface area contributed by atoms with E-state index in [1.165, 1.54) is 4.90 Å². The average molecular weight is 494 g/mol. The molecule has 8 heteroatoms. The molecule has 0 heterocycles. The number of nitrogens with zero attached hydrogens (tertiary/aromatic N) is 2. The molecule has 1 N–H and O–H groups in total. The summed E-state index contributed by atoms with van der Waals surface area (Å²) in [6, 6.07) is 27.1. The molecular formula is C27H31N3O4S. The van der Waals surface area contributed by atoms with Crippen LogP contribution in [0.4, 0.5) is 0 Å². The van der Waals surface area contributed by atoms with E-state index in [0.29, 0.717) is 6.54 Å². The van der Waals surface area contributed by atoms with Gasteiger partial charge in [0.2, 0.25) is 21.8 Å². The van der Waals surface area contributed by atoms with Crippen LogP contribution in [0.3, 0.4) is 0 Å². The SMILES string of the molecule is C[C@H](C(=O)NCc1ccccc1)N(Cc1ccccc1)C(=O)CN(Cc1ccccc1)S(C)(=O)=O. The lowest BCUT2D eigenvalue weighted by Gasteiger charge is -2.31. The van der Waals surface area contributed by atoms with Gasteiger partial charge in [0.25, 0.3) is 0 Å². The van der Waals surface area contributed by atoms with Gasteiger partial charge in [-0.25, -0.2) is 8.42 Å². The third-order valence-corrected chi connectivity index (χ3v) is 6.85. The first kappa shape index (κ1) is 26.1. The second-order valence-corrected chi connectivity index (χ2v) is 10.4. The number of sulfonamides is 1. The zero-order chi connectivity index (χ0) is 25.3. The highest BCUT2D eigenvalue weighted by atomic mass is 32.2. The van der Waals surface area contributed by atoms with Gasteiger partial charge in [-0.05, 0) is 23.6 Å². The van der Waals surface area contributed by atoms with Gasteiger partial charge in [0.05, 0.1) is 12.8 Å². The summed E-state index contributed by atoms with van der Waals surface area (Å²) in [7, 11) is -3.67. The van der Waals surface area contributed by atoms with Crippen molar-refractivity contribution < 1.29 is 18.0 Å². The zero-order valence-corrected chi connectivity index (χ0v) is 20.8. The van der Waals surface area contributed by atoms with Gasteiger partial charge in [-0.3, -0.25) is 9.59 Å². The Balaban J connectivity index is 1.78. The van der Waals surface area contributed by atoms with E-state index < -0.39 is 22.0 Å². The molecule has 0 aliphatic heterocycles. The van der Waals surface area contributed by atoms with Gasteiger partial charge in [0, 0.05) is 19.6 Å². The molecule has 3 aromatic rings. The minimum atomic E-state index is -3.67. The molecule has 0 radical (unpaired) electrons. The number of nitrogens with one attached hydrogen (secondary N) is 1. The molecule has 0 unspecified atom stereocenters. The molecule has 1 atom stereocenters. The number of hydrogen-bond acceptors (Lipinski definition) is 4. The second-order valence-electron chi connectivity index (χ2n) is 8.40. The van der Waals surface area contributed by atoms with E-state index in [0.717, 1.165) is 27.3 Å². The lowest BCUT2D eigenvalue weighted by molar-refractivity contribution is -0.140. The average Bonchev–Trinajstić information content (AvgIpc) is 2.86. The normalized spacial score (nSPS) is 12.2. The van der Waals surface area contributed by atoms with Crippen LogP contribution >= 0.6 is 0 Å². The van der Waals surface area contributed by atoms with Gasteiger partial charge in [0.15, 0.2) is 0 Å². The first-order valence-electron chi connectivity index (χ1n) is 11.4. The Bertz CT molecular complexity index is 1200. The van der Waals surface area contributed by atoms with Gasteiger partial charge in [-0.15, -0.1) is 0 Å². The molecule has 35 heavy (non-hydrogen) atoms. The summed E-state index contributed by atoms with van der Waals surface area (Å²) in [4.78, 5) is 27.9. The third kappa shape index (κ3) is 8.05. The van der Waals surface area contributed by atoms with Crippen molar-refractivity contribution in [3.63, 3.8) is 0 Å². The Hall–Kier alpha value is -3.49. The topological polar surface area (TPSA) is 86.8 Å². The summed E-state index contributed by atoms with van der Waals surface area (Å²) in [5.41, 5.74) is 2.56. The van der Waals surface area contributed by atoms with Gasteiger partial charge in [-0.2, -0.15) is 4.31 Å². The molecule has 0 bridgehead atoms. The van der Waals surface area contributed by atoms with Crippen molar-refractivity contribution in [1.82, 2.24) is 14.5 Å². The quantitative estimate of drug-likeness (QED) is 0.445. The number of carbonyl (C=O) groups is 2. The summed E-state index contributed by atoms with van der Waals surface area (Å²) >= 11 is 0. The van der Waals surface area contributed by atoms with E-state index >= 15 is 0 Å². The molecule has 2 amide bonds. The van der Waals surface area contributed by atoms with E-state index in [-0.39, 0.29) is 25.5 Å². The maximum Gasteiger partial charge on any atom is 0.242 e. The predicted molar refractivity (Wildman–Crippen MR) is 136 cm³/mol. The fourth-order valence-corrected chi connectivity index (χ4v) is 4.34. The number of benzene rings is 3. The van der Waals surface area contributed by atoms with E-state index in [2.05, 4.69) is 5.32 Å². The standard InChI is InChI=1S/C27H31N3O4S/c1-22(27(32)28-18-23-12-6-3-7-13-23)30(20-25-16-10-5-11-17-25)26(31)21-29(35(2,33)34)19-24-14-8-4-9-15-24/h3-17,22H,18-21H2,1-2H3,(H,28,32)/t22-/m1/s1. The lowest BCUT2D eigenvalue weighted by Crippen LogP contribution is -2.50. The Kier molecular flexibility index (Phi) is 9.17. The van der Waals surface area contributed by atoms with Crippen molar-refractivity contribution in [3.05, 3.63) is 108 Å². The van der Waals surface area contributed by atoms with Gasteiger partial charge >= 0.3 is 0 Å². The molecule has 0 saturated heterocycles. The number of rotatable bonds is 11. The molecule has 0 aliphatic rings. The molecule has 0 aliphatic carbocycles. The van der Waals surface area contributed by atoms with Gasteiger partial charge < -0.3 is 10.2 Å². The Morgan fingerprint density at radius 3 is 1.71 bits per heavy atom.